The van der Waals surface area contributed by atoms with Crippen molar-refractivity contribution in [1.82, 2.24) is 0 Å². The summed E-state index contributed by atoms with van der Waals surface area (Å²) in [5.74, 6) is -0.439. The number of rotatable bonds is 7. The molecule has 2 aromatic carbocycles. The predicted octanol–water partition coefficient (Wildman–Crippen LogP) is 5.32. The highest BCUT2D eigenvalue weighted by molar-refractivity contribution is 5.67. The number of fused-ring (bicyclic) bond motifs is 1. The van der Waals surface area contributed by atoms with Gasteiger partial charge in [0.05, 0.1) is 18.1 Å². The van der Waals surface area contributed by atoms with Gasteiger partial charge in [0, 0.05) is 6.61 Å². The summed E-state index contributed by atoms with van der Waals surface area (Å²) in [6.07, 6.45) is -4.73. The number of aliphatic carboxylic acids is 1. The van der Waals surface area contributed by atoms with E-state index in [4.69, 9.17) is 14.6 Å². The van der Waals surface area contributed by atoms with E-state index in [1.165, 1.54) is 6.07 Å². The van der Waals surface area contributed by atoms with Crippen LogP contribution in [0.4, 0.5) is 13.2 Å². The van der Waals surface area contributed by atoms with Gasteiger partial charge in [-0.05, 0) is 54.7 Å². The molecule has 0 aliphatic heterocycles. The van der Waals surface area contributed by atoms with Crippen LogP contribution in [-0.4, -0.2) is 17.7 Å². The maximum Gasteiger partial charge on any atom is 0.416 e. The third-order valence-corrected chi connectivity index (χ3v) is 4.78. The van der Waals surface area contributed by atoms with Crippen molar-refractivity contribution < 1.29 is 32.5 Å². The number of carboxylic acids is 1. The fourth-order valence-electron chi connectivity index (χ4n) is 3.56. The minimum absolute atomic E-state index is 0.149. The molecular formula is C21H21F3O4. The zero-order valence-electron chi connectivity index (χ0n) is 15.3. The van der Waals surface area contributed by atoms with Crippen molar-refractivity contribution in [2.75, 3.05) is 6.61 Å². The molecule has 0 spiro atoms. The van der Waals surface area contributed by atoms with Crippen LogP contribution < -0.4 is 4.74 Å². The number of ether oxygens (including phenoxy) is 2. The Morgan fingerprint density at radius 2 is 1.93 bits per heavy atom. The first-order chi connectivity index (χ1) is 13.3. The molecular weight excluding hydrogens is 373 g/mol. The van der Waals surface area contributed by atoms with Crippen molar-refractivity contribution in [2.45, 2.75) is 44.6 Å². The molecule has 2 aromatic rings. The Morgan fingerprint density at radius 1 is 1.21 bits per heavy atom. The molecule has 4 nitrogen and oxygen atoms in total. The number of carbonyl (C=O) groups is 1. The molecule has 0 amide bonds. The Morgan fingerprint density at radius 3 is 2.54 bits per heavy atom. The largest absolute Gasteiger partial charge is 0.486 e. The van der Waals surface area contributed by atoms with E-state index in [1.807, 2.05) is 0 Å². The number of hydrogen-bond donors (Lipinski definition) is 1. The lowest BCUT2D eigenvalue weighted by Crippen LogP contribution is -2.10. The third kappa shape index (κ3) is 4.47. The second-order valence-electron chi connectivity index (χ2n) is 6.63. The van der Waals surface area contributed by atoms with Crippen LogP contribution in [0.15, 0.2) is 42.5 Å². The average Bonchev–Trinajstić information content (AvgIpc) is 3.04. The van der Waals surface area contributed by atoms with Crippen LogP contribution in [0, 0.1) is 0 Å². The highest BCUT2D eigenvalue weighted by atomic mass is 19.4. The summed E-state index contributed by atoms with van der Waals surface area (Å²) < 4.78 is 50.9. The number of carboxylic acid groups (broad SMARTS) is 1. The van der Waals surface area contributed by atoms with Gasteiger partial charge in [0.25, 0.3) is 0 Å². The predicted molar refractivity (Wildman–Crippen MR) is 96.2 cm³/mol. The van der Waals surface area contributed by atoms with Crippen LogP contribution in [0.3, 0.4) is 0 Å². The molecule has 28 heavy (non-hydrogen) atoms. The number of alkyl halides is 3. The molecule has 1 aliphatic rings. The summed E-state index contributed by atoms with van der Waals surface area (Å²) in [7, 11) is 0. The van der Waals surface area contributed by atoms with Gasteiger partial charge >= 0.3 is 12.1 Å². The Labute approximate surface area is 160 Å². The first-order valence-corrected chi connectivity index (χ1v) is 9.08. The Bertz CT molecular complexity index is 831. The molecule has 0 unspecified atom stereocenters. The average molecular weight is 394 g/mol. The number of halogens is 3. The van der Waals surface area contributed by atoms with Crippen molar-refractivity contribution in [1.29, 1.82) is 0 Å². The summed E-state index contributed by atoms with van der Waals surface area (Å²) in [5.41, 5.74) is 0.980. The van der Waals surface area contributed by atoms with Crippen molar-refractivity contribution in [2.24, 2.45) is 0 Å². The minimum Gasteiger partial charge on any atom is -0.486 e. The van der Waals surface area contributed by atoms with Crippen LogP contribution in [0.25, 0.3) is 0 Å². The molecule has 1 N–H and O–H groups in total. The Balaban J connectivity index is 1.75. The second kappa shape index (κ2) is 8.22. The quantitative estimate of drug-likeness (QED) is 0.690. The molecule has 150 valence electrons. The molecule has 7 heteroatoms. The lowest BCUT2D eigenvalue weighted by atomic mass is 10.0. The van der Waals surface area contributed by atoms with Crippen molar-refractivity contribution in [3.8, 4) is 5.75 Å². The molecule has 0 saturated carbocycles. The lowest BCUT2D eigenvalue weighted by Gasteiger charge is -2.18. The smallest absolute Gasteiger partial charge is 0.416 e. The molecule has 0 heterocycles. The van der Waals surface area contributed by atoms with E-state index < -0.39 is 29.9 Å². The van der Waals surface area contributed by atoms with E-state index in [1.54, 1.807) is 37.3 Å². The molecule has 0 bridgehead atoms. The van der Waals surface area contributed by atoms with Gasteiger partial charge in [-0.3, -0.25) is 4.79 Å². The van der Waals surface area contributed by atoms with Crippen molar-refractivity contribution >= 4 is 5.97 Å². The fraction of sp³-hybridized carbons (Fsp3) is 0.381. The molecule has 0 radical (unpaired) electrons. The van der Waals surface area contributed by atoms with E-state index in [0.29, 0.717) is 41.9 Å². The summed E-state index contributed by atoms with van der Waals surface area (Å²) in [4.78, 5) is 11.0. The summed E-state index contributed by atoms with van der Waals surface area (Å²) in [6.45, 7) is 2.18. The first kappa shape index (κ1) is 20.2. The van der Waals surface area contributed by atoms with E-state index in [2.05, 4.69) is 0 Å². The first-order valence-electron chi connectivity index (χ1n) is 9.08. The highest BCUT2D eigenvalue weighted by Gasteiger charge is 2.37. The molecule has 3 rings (SSSR count). The van der Waals surface area contributed by atoms with Crippen LogP contribution in [-0.2, 0) is 22.1 Å². The molecule has 2 atom stereocenters. The normalized spacial score (nSPS) is 17.2. The van der Waals surface area contributed by atoms with Gasteiger partial charge in [0.2, 0.25) is 0 Å². The summed E-state index contributed by atoms with van der Waals surface area (Å²) in [6, 6.07) is 11.0. The molecule has 0 saturated heterocycles. The van der Waals surface area contributed by atoms with Crippen LogP contribution in [0.2, 0.25) is 0 Å². The van der Waals surface area contributed by atoms with Gasteiger partial charge in [-0.25, -0.2) is 0 Å². The van der Waals surface area contributed by atoms with E-state index in [9.17, 15) is 18.0 Å². The molecule has 0 fully saturated rings. The SMILES string of the molecule is CCO[C@H](CC(=O)O)c1ccc(O[C@@H]2CCc3c2cccc3C(F)(F)F)cc1. The number of hydrogen-bond acceptors (Lipinski definition) is 3. The van der Waals surface area contributed by atoms with E-state index in [-0.39, 0.29) is 6.42 Å². The zero-order chi connectivity index (χ0) is 20.3. The topological polar surface area (TPSA) is 55.8 Å². The monoisotopic (exact) mass is 394 g/mol. The van der Waals surface area contributed by atoms with Crippen LogP contribution in [0.5, 0.6) is 5.75 Å². The third-order valence-electron chi connectivity index (χ3n) is 4.78. The van der Waals surface area contributed by atoms with Crippen molar-refractivity contribution in [3.63, 3.8) is 0 Å². The van der Waals surface area contributed by atoms with Crippen LogP contribution >= 0.6 is 0 Å². The maximum atomic E-state index is 13.2. The second-order valence-corrected chi connectivity index (χ2v) is 6.63. The maximum absolute atomic E-state index is 13.2. The molecule has 0 aromatic heterocycles. The van der Waals surface area contributed by atoms with E-state index >= 15 is 0 Å². The fourth-order valence-corrected chi connectivity index (χ4v) is 3.56. The summed E-state index contributed by atoms with van der Waals surface area (Å²) >= 11 is 0. The summed E-state index contributed by atoms with van der Waals surface area (Å²) in [5, 5.41) is 9.00. The Kier molecular flexibility index (Phi) is 5.93. The minimum atomic E-state index is -4.37. The number of benzene rings is 2. The highest BCUT2D eigenvalue weighted by Crippen LogP contribution is 2.42. The van der Waals surface area contributed by atoms with E-state index in [0.717, 1.165) is 6.07 Å². The lowest BCUT2D eigenvalue weighted by molar-refractivity contribution is -0.140. The van der Waals surface area contributed by atoms with Crippen molar-refractivity contribution in [3.05, 3.63) is 64.7 Å². The van der Waals surface area contributed by atoms with Gasteiger partial charge in [0.1, 0.15) is 11.9 Å². The zero-order valence-corrected chi connectivity index (χ0v) is 15.3. The van der Waals surface area contributed by atoms with Crippen LogP contribution in [0.1, 0.15) is 54.2 Å². The Hall–Kier alpha value is -2.54. The van der Waals surface area contributed by atoms with Gasteiger partial charge in [-0.15, -0.1) is 0 Å². The van der Waals surface area contributed by atoms with Gasteiger partial charge < -0.3 is 14.6 Å². The van der Waals surface area contributed by atoms with Gasteiger partial charge in [-0.1, -0.05) is 24.3 Å². The molecule has 1 aliphatic carbocycles. The van der Waals surface area contributed by atoms with Gasteiger partial charge in [-0.2, -0.15) is 13.2 Å². The van der Waals surface area contributed by atoms with Gasteiger partial charge in [0.15, 0.2) is 0 Å². The standard InChI is InChI=1S/C21H21F3O4/c1-2-27-19(12-20(25)26)13-6-8-14(9-7-13)28-18-11-10-15-16(18)4-3-5-17(15)21(22,23)24/h3-9,18-19H,2,10-12H2,1H3,(H,25,26)/t18-,19-/m1/s1.